The molecule has 20 heavy (non-hydrogen) atoms. The van der Waals surface area contributed by atoms with Crippen LogP contribution in [0.1, 0.15) is 12.5 Å². The Balaban J connectivity index is 2.04. The Morgan fingerprint density at radius 1 is 1.15 bits per heavy atom. The predicted molar refractivity (Wildman–Crippen MR) is 84.1 cm³/mol. The van der Waals surface area contributed by atoms with Crippen LogP contribution in [0.25, 0.3) is 11.1 Å². The van der Waals surface area contributed by atoms with Crippen LogP contribution >= 0.6 is 11.6 Å². The van der Waals surface area contributed by atoms with Gasteiger partial charge in [-0.15, -0.1) is 0 Å². The number of hydrogen-bond donors (Lipinski definition) is 1. The first kappa shape index (κ1) is 14.8. The van der Waals surface area contributed by atoms with E-state index < -0.39 is 0 Å². The minimum Gasteiger partial charge on any atom is -0.307 e. The largest absolute Gasteiger partial charge is 0.307 e. The molecule has 0 unspecified atom stereocenters. The number of carbonyl (C=O) groups excluding carboxylic acids is 1. The Kier molecular flexibility index (Phi) is 5.33. The molecular weight excluding hydrogens is 270 g/mol. The molecule has 0 bridgehead atoms. The van der Waals surface area contributed by atoms with Crippen molar-refractivity contribution in [2.75, 3.05) is 6.54 Å². The molecule has 0 spiro atoms. The van der Waals surface area contributed by atoms with Crippen LogP contribution in [0.5, 0.6) is 0 Å². The average Bonchev–Trinajstić information content (AvgIpc) is 2.46. The van der Waals surface area contributed by atoms with E-state index >= 15 is 0 Å². The molecule has 0 aliphatic carbocycles. The zero-order chi connectivity index (χ0) is 14.4. The molecule has 0 aromatic heterocycles. The van der Waals surface area contributed by atoms with Crippen LogP contribution in [0.4, 0.5) is 0 Å². The van der Waals surface area contributed by atoms with E-state index in [4.69, 9.17) is 11.6 Å². The highest BCUT2D eigenvalue weighted by Gasteiger charge is 2.03. The topological polar surface area (TPSA) is 29.1 Å². The molecule has 1 N–H and O–H groups in total. The number of benzene rings is 2. The number of carbonyl (C=O) groups is 1. The summed E-state index contributed by atoms with van der Waals surface area (Å²) in [4.78, 5) is 10.3. The van der Waals surface area contributed by atoms with Gasteiger partial charge in [-0.2, -0.15) is 0 Å². The van der Waals surface area contributed by atoms with E-state index in [1.54, 1.807) is 0 Å². The van der Waals surface area contributed by atoms with Crippen LogP contribution in [-0.2, 0) is 11.2 Å². The molecule has 0 aliphatic rings. The summed E-state index contributed by atoms with van der Waals surface area (Å²) in [6, 6.07) is 16.6. The van der Waals surface area contributed by atoms with Gasteiger partial charge in [0.05, 0.1) is 6.54 Å². The van der Waals surface area contributed by atoms with Crippen LogP contribution in [0.15, 0.2) is 48.5 Å². The van der Waals surface area contributed by atoms with Gasteiger partial charge in [0.1, 0.15) is 6.29 Å². The molecular formula is C17H18ClNO. The second-order valence-electron chi connectivity index (χ2n) is 4.89. The van der Waals surface area contributed by atoms with E-state index in [0.29, 0.717) is 6.54 Å². The van der Waals surface area contributed by atoms with Gasteiger partial charge in [0.2, 0.25) is 0 Å². The minimum absolute atomic E-state index is 0.289. The highest BCUT2D eigenvalue weighted by Crippen LogP contribution is 2.23. The number of nitrogens with one attached hydrogen (secondary N) is 1. The van der Waals surface area contributed by atoms with Crippen LogP contribution in [0, 0.1) is 0 Å². The van der Waals surface area contributed by atoms with E-state index in [2.05, 4.69) is 42.6 Å². The monoisotopic (exact) mass is 287 g/mol. The van der Waals surface area contributed by atoms with Gasteiger partial charge in [0.25, 0.3) is 0 Å². The normalized spacial score (nSPS) is 12.1. The second-order valence-corrected chi connectivity index (χ2v) is 5.32. The van der Waals surface area contributed by atoms with Crippen molar-refractivity contribution in [1.82, 2.24) is 5.32 Å². The lowest BCUT2D eigenvalue weighted by Gasteiger charge is -2.12. The van der Waals surface area contributed by atoms with Crippen molar-refractivity contribution < 1.29 is 4.79 Å². The summed E-state index contributed by atoms with van der Waals surface area (Å²) in [7, 11) is 0. The Bertz CT molecular complexity index is 565. The third kappa shape index (κ3) is 4.19. The van der Waals surface area contributed by atoms with Crippen LogP contribution in [0.3, 0.4) is 0 Å². The lowest BCUT2D eigenvalue weighted by Crippen LogP contribution is -2.29. The van der Waals surface area contributed by atoms with Gasteiger partial charge in [0.15, 0.2) is 0 Å². The SMILES string of the molecule is C[C@H](Cc1ccc(-c2cccc(Cl)c2)cc1)NCC=O. The van der Waals surface area contributed by atoms with E-state index in [1.807, 2.05) is 18.2 Å². The Hall–Kier alpha value is -1.64. The highest BCUT2D eigenvalue weighted by atomic mass is 35.5. The Morgan fingerprint density at radius 2 is 1.90 bits per heavy atom. The van der Waals surface area contributed by atoms with Crippen molar-refractivity contribution in [1.29, 1.82) is 0 Å². The van der Waals surface area contributed by atoms with Crippen LogP contribution < -0.4 is 5.32 Å². The molecule has 2 aromatic rings. The Labute approximate surface area is 124 Å². The third-order valence-corrected chi connectivity index (χ3v) is 3.44. The van der Waals surface area contributed by atoms with Gasteiger partial charge < -0.3 is 10.1 Å². The highest BCUT2D eigenvalue weighted by molar-refractivity contribution is 6.30. The molecule has 0 heterocycles. The third-order valence-electron chi connectivity index (χ3n) is 3.20. The summed E-state index contributed by atoms with van der Waals surface area (Å²) in [6.07, 6.45) is 1.79. The maximum atomic E-state index is 10.3. The summed E-state index contributed by atoms with van der Waals surface area (Å²) in [5, 5.41) is 3.90. The molecule has 0 amide bonds. The van der Waals surface area contributed by atoms with Crippen molar-refractivity contribution in [3.8, 4) is 11.1 Å². The summed E-state index contributed by atoms with van der Waals surface area (Å²) < 4.78 is 0. The number of halogens is 1. The van der Waals surface area contributed by atoms with Crippen molar-refractivity contribution in [2.45, 2.75) is 19.4 Å². The van der Waals surface area contributed by atoms with Crippen LogP contribution in [0.2, 0.25) is 5.02 Å². The van der Waals surface area contributed by atoms with Gasteiger partial charge >= 0.3 is 0 Å². The average molecular weight is 288 g/mol. The predicted octanol–water partition coefficient (Wildman–Crippen LogP) is 3.73. The molecule has 0 aliphatic heterocycles. The lowest BCUT2D eigenvalue weighted by molar-refractivity contribution is -0.107. The van der Waals surface area contributed by atoms with Crippen molar-refractivity contribution >= 4 is 17.9 Å². The van der Waals surface area contributed by atoms with Gasteiger partial charge in [-0.25, -0.2) is 0 Å². The summed E-state index contributed by atoms with van der Waals surface area (Å²) >= 11 is 6.01. The smallest absolute Gasteiger partial charge is 0.133 e. The zero-order valence-electron chi connectivity index (χ0n) is 11.5. The Morgan fingerprint density at radius 3 is 2.55 bits per heavy atom. The van der Waals surface area contributed by atoms with Gasteiger partial charge in [-0.05, 0) is 42.2 Å². The quantitative estimate of drug-likeness (QED) is 0.820. The molecule has 3 heteroatoms. The van der Waals surface area contributed by atoms with Crippen molar-refractivity contribution in [3.05, 3.63) is 59.1 Å². The number of rotatable bonds is 6. The molecule has 2 nitrogen and oxygen atoms in total. The first-order chi connectivity index (χ1) is 9.69. The first-order valence-electron chi connectivity index (χ1n) is 6.71. The molecule has 2 aromatic carbocycles. The van der Waals surface area contributed by atoms with E-state index in [0.717, 1.165) is 28.9 Å². The number of aldehydes is 1. The van der Waals surface area contributed by atoms with Crippen LogP contribution in [-0.4, -0.2) is 18.9 Å². The fraction of sp³-hybridized carbons (Fsp3) is 0.235. The van der Waals surface area contributed by atoms with Crippen molar-refractivity contribution in [3.63, 3.8) is 0 Å². The van der Waals surface area contributed by atoms with E-state index in [9.17, 15) is 4.79 Å². The fourth-order valence-corrected chi connectivity index (χ4v) is 2.37. The molecule has 0 saturated heterocycles. The molecule has 0 radical (unpaired) electrons. The van der Waals surface area contributed by atoms with E-state index in [1.165, 1.54) is 5.56 Å². The molecule has 1 atom stereocenters. The first-order valence-corrected chi connectivity index (χ1v) is 7.09. The maximum Gasteiger partial charge on any atom is 0.133 e. The van der Waals surface area contributed by atoms with Gasteiger partial charge in [-0.3, -0.25) is 0 Å². The minimum atomic E-state index is 0.289. The van der Waals surface area contributed by atoms with E-state index in [-0.39, 0.29) is 6.04 Å². The van der Waals surface area contributed by atoms with Crippen molar-refractivity contribution in [2.24, 2.45) is 0 Å². The second kappa shape index (κ2) is 7.22. The molecule has 2 rings (SSSR count). The van der Waals surface area contributed by atoms with Gasteiger partial charge in [0, 0.05) is 11.1 Å². The summed E-state index contributed by atoms with van der Waals surface area (Å²) in [5.41, 5.74) is 3.53. The molecule has 104 valence electrons. The molecule has 0 saturated carbocycles. The summed E-state index contributed by atoms with van der Waals surface area (Å²) in [5.74, 6) is 0. The number of hydrogen-bond acceptors (Lipinski definition) is 2. The maximum absolute atomic E-state index is 10.3. The fourth-order valence-electron chi connectivity index (χ4n) is 2.18. The molecule has 0 fully saturated rings. The lowest BCUT2D eigenvalue weighted by atomic mass is 10.0. The summed E-state index contributed by atoms with van der Waals surface area (Å²) in [6.45, 7) is 2.48. The van der Waals surface area contributed by atoms with Gasteiger partial charge in [-0.1, -0.05) is 48.0 Å². The zero-order valence-corrected chi connectivity index (χ0v) is 12.2. The standard InChI is InChI=1S/C17H18ClNO/c1-13(19-9-10-20)11-14-5-7-15(8-6-14)16-3-2-4-17(18)12-16/h2-8,10,12-13,19H,9,11H2,1H3/t13-/m1/s1.